The summed E-state index contributed by atoms with van der Waals surface area (Å²) in [7, 11) is 7.66. The summed E-state index contributed by atoms with van der Waals surface area (Å²) >= 11 is 0. The molecule has 0 spiro atoms. The third-order valence-corrected chi connectivity index (χ3v) is 11.0. The molecule has 1 aromatic heterocycles. The number of aromatic nitrogens is 4. The van der Waals surface area contributed by atoms with Crippen molar-refractivity contribution in [2.24, 2.45) is 0 Å². The lowest BCUT2D eigenvalue weighted by Crippen LogP contribution is -2.45. The van der Waals surface area contributed by atoms with Gasteiger partial charge in [-0.1, -0.05) is 60.7 Å². The van der Waals surface area contributed by atoms with Gasteiger partial charge in [-0.3, -0.25) is 14.4 Å². The zero-order chi connectivity index (χ0) is 45.3. The quantitative estimate of drug-likeness (QED) is 0.0897. The Morgan fingerprint density at radius 3 is 2.20 bits per heavy atom. The van der Waals surface area contributed by atoms with Gasteiger partial charge in [0.2, 0.25) is 5.91 Å². The number of nitrogens with one attached hydrogen (secondary N) is 2. The number of halogens is 1. The minimum absolute atomic E-state index is 0.0986. The highest BCUT2D eigenvalue weighted by atomic mass is 19.1. The summed E-state index contributed by atoms with van der Waals surface area (Å²) in [5.41, 5.74) is 6.76. The Bertz CT molecular complexity index is 2650. The van der Waals surface area contributed by atoms with Crippen LogP contribution in [0.25, 0.3) is 34.0 Å². The largest absolute Gasteiger partial charge is 0.461 e. The zero-order valence-electron chi connectivity index (χ0n) is 36.4. The molecule has 14 nitrogen and oxygen atoms in total. The van der Waals surface area contributed by atoms with Crippen LogP contribution in [0.3, 0.4) is 0 Å². The molecule has 6 aromatic rings. The second kappa shape index (κ2) is 20.2. The molecule has 1 aliphatic heterocycles. The third-order valence-electron chi connectivity index (χ3n) is 11.0. The second-order valence-electron chi connectivity index (χ2n) is 16.0. The number of nitrogens with zero attached hydrogens (tertiary/aromatic N) is 7. The Balaban J connectivity index is 1.29. The van der Waals surface area contributed by atoms with Gasteiger partial charge in [-0.2, -0.15) is 4.68 Å². The Hall–Kier alpha value is -7.36. The van der Waals surface area contributed by atoms with Crippen LogP contribution in [0.1, 0.15) is 49.0 Å². The number of fused-ring (bicyclic) bond motifs is 1. The number of benzene rings is 5. The highest BCUT2D eigenvalue weighted by Crippen LogP contribution is 2.43. The lowest BCUT2D eigenvalue weighted by atomic mass is 9.81. The standard InChI is InChI=1S/C49H50FN9O5/c1-32-11-23-42(59-31-52-54-55-59)41(45(32)50)22-24-43(60)58-27-25-40-38(34-12-14-35(15-13-34)47(61)51-26-28-56(2)3)20-21-39(33-9-7-6-8-10-33)44(40)46(58)48(62)53-37-18-16-36(17-19-37)49(63)64-30-29-57(4)5/h6-24,31,46H,25-30H2,1-5H3,(H,51,61)(H,53,62)/b24-22+/t46-/m1/s1. The number of hydrogen-bond donors (Lipinski definition) is 2. The van der Waals surface area contributed by atoms with Crippen LogP contribution in [0.5, 0.6) is 0 Å². The maximum atomic E-state index is 15.8. The number of anilines is 1. The van der Waals surface area contributed by atoms with Crippen molar-refractivity contribution in [3.8, 4) is 27.9 Å². The fourth-order valence-corrected chi connectivity index (χ4v) is 7.59. The van der Waals surface area contributed by atoms with Crippen LogP contribution in [-0.4, -0.2) is 120 Å². The summed E-state index contributed by atoms with van der Waals surface area (Å²) in [4.78, 5) is 60.7. The molecule has 3 amide bonds. The number of esters is 1. The molecule has 1 atom stereocenters. The van der Waals surface area contributed by atoms with Gasteiger partial charge in [0.15, 0.2) is 0 Å². The summed E-state index contributed by atoms with van der Waals surface area (Å²) in [6, 6.07) is 29.4. The molecule has 0 saturated carbocycles. The Labute approximate surface area is 371 Å². The maximum absolute atomic E-state index is 15.8. The third kappa shape index (κ3) is 10.3. The molecule has 328 valence electrons. The van der Waals surface area contributed by atoms with E-state index >= 15 is 4.39 Å². The van der Waals surface area contributed by atoms with E-state index in [-0.39, 0.29) is 24.6 Å². The number of carbonyl (C=O) groups excluding carboxylic acids is 4. The molecule has 0 saturated heterocycles. The van der Waals surface area contributed by atoms with E-state index in [0.717, 1.165) is 27.8 Å². The predicted octanol–water partition coefficient (Wildman–Crippen LogP) is 6.23. The van der Waals surface area contributed by atoms with Crippen molar-refractivity contribution >= 4 is 35.5 Å². The van der Waals surface area contributed by atoms with E-state index in [9.17, 15) is 19.2 Å². The molecule has 7 rings (SSSR count). The maximum Gasteiger partial charge on any atom is 0.338 e. The van der Waals surface area contributed by atoms with Gasteiger partial charge >= 0.3 is 5.97 Å². The highest BCUT2D eigenvalue weighted by Gasteiger charge is 2.38. The van der Waals surface area contributed by atoms with Crippen molar-refractivity contribution in [2.75, 3.05) is 66.3 Å². The number of hydrogen-bond acceptors (Lipinski definition) is 10. The van der Waals surface area contributed by atoms with Crippen molar-refractivity contribution in [1.82, 2.24) is 40.2 Å². The van der Waals surface area contributed by atoms with Crippen molar-refractivity contribution in [3.63, 3.8) is 0 Å². The van der Waals surface area contributed by atoms with Gasteiger partial charge in [0.25, 0.3) is 11.8 Å². The number of tetrazole rings is 1. The normalized spacial score (nSPS) is 13.6. The summed E-state index contributed by atoms with van der Waals surface area (Å²) in [5, 5.41) is 17.3. The minimum Gasteiger partial charge on any atom is -0.461 e. The molecule has 64 heavy (non-hydrogen) atoms. The summed E-state index contributed by atoms with van der Waals surface area (Å²) in [6.45, 7) is 3.76. The molecule has 0 unspecified atom stereocenters. The predicted molar refractivity (Wildman–Crippen MR) is 243 cm³/mol. The first-order chi connectivity index (χ1) is 30.9. The molecular formula is C49H50FN9O5. The summed E-state index contributed by atoms with van der Waals surface area (Å²) < 4.78 is 22.5. The fraction of sp³-hybridized carbons (Fsp3) is 0.245. The SMILES string of the molecule is Cc1ccc(-n2cnnn2)c(/C=C/C(=O)N2CCc3c(-c4ccc(C(=O)NCCN(C)C)cc4)ccc(-c4ccccc4)c3[C@@H]2C(=O)Nc2ccc(C(=O)OCCN(C)C)cc2)c1F. The lowest BCUT2D eigenvalue weighted by molar-refractivity contribution is -0.135. The molecule has 2 N–H and O–H groups in total. The Morgan fingerprint density at radius 1 is 0.828 bits per heavy atom. The van der Waals surface area contributed by atoms with E-state index in [2.05, 4.69) is 26.2 Å². The van der Waals surface area contributed by atoms with Gasteiger partial charge in [-0.15, -0.1) is 5.10 Å². The molecule has 5 aromatic carbocycles. The van der Waals surface area contributed by atoms with E-state index < -0.39 is 29.6 Å². The molecule has 0 aliphatic carbocycles. The first-order valence-electron chi connectivity index (χ1n) is 20.9. The van der Waals surface area contributed by atoms with Gasteiger partial charge in [-0.25, -0.2) is 9.18 Å². The molecule has 0 bridgehead atoms. The van der Waals surface area contributed by atoms with Crippen molar-refractivity contribution < 1.29 is 28.3 Å². The molecule has 2 heterocycles. The average Bonchev–Trinajstić information content (AvgIpc) is 3.84. The van der Waals surface area contributed by atoms with Crippen LogP contribution in [0, 0.1) is 12.7 Å². The van der Waals surface area contributed by atoms with Crippen molar-refractivity contribution in [3.05, 3.63) is 155 Å². The molecule has 0 fully saturated rings. The zero-order valence-corrected chi connectivity index (χ0v) is 36.4. The van der Waals surface area contributed by atoms with E-state index in [1.54, 1.807) is 55.5 Å². The van der Waals surface area contributed by atoms with Gasteiger partial charge in [0.1, 0.15) is 24.8 Å². The monoisotopic (exact) mass is 863 g/mol. The minimum atomic E-state index is -1.17. The van der Waals surface area contributed by atoms with Gasteiger partial charge < -0.3 is 30.1 Å². The lowest BCUT2D eigenvalue weighted by Gasteiger charge is -2.38. The molecule has 0 radical (unpaired) electrons. The first-order valence-corrected chi connectivity index (χ1v) is 20.9. The summed E-state index contributed by atoms with van der Waals surface area (Å²) in [6.07, 6.45) is 4.36. The number of ether oxygens (including phenoxy) is 1. The first kappa shape index (κ1) is 44.7. The van der Waals surface area contributed by atoms with Crippen molar-refractivity contribution in [2.45, 2.75) is 19.4 Å². The van der Waals surface area contributed by atoms with Crippen LogP contribution in [0.15, 0.2) is 116 Å². The van der Waals surface area contributed by atoms with E-state index in [1.165, 1.54) is 28.1 Å². The van der Waals surface area contributed by atoms with Crippen LogP contribution in [-0.2, 0) is 20.7 Å². The van der Waals surface area contributed by atoms with Crippen molar-refractivity contribution in [1.29, 1.82) is 0 Å². The Kier molecular flexibility index (Phi) is 14.1. The fourth-order valence-electron chi connectivity index (χ4n) is 7.59. The van der Waals surface area contributed by atoms with Gasteiger partial charge in [0, 0.05) is 49.1 Å². The van der Waals surface area contributed by atoms with E-state index in [4.69, 9.17) is 4.74 Å². The van der Waals surface area contributed by atoms with Crippen LogP contribution in [0.4, 0.5) is 10.1 Å². The highest BCUT2D eigenvalue weighted by molar-refractivity contribution is 6.03. The molecular weight excluding hydrogens is 814 g/mol. The van der Waals surface area contributed by atoms with E-state index in [0.29, 0.717) is 59.7 Å². The number of aryl methyl sites for hydroxylation is 1. The van der Waals surface area contributed by atoms with Crippen LogP contribution in [0.2, 0.25) is 0 Å². The number of likely N-dealkylation sites (N-methyl/N-ethyl adjacent to an activating group) is 2. The van der Waals surface area contributed by atoms with E-state index in [1.807, 2.05) is 92.6 Å². The van der Waals surface area contributed by atoms with Crippen LogP contribution < -0.4 is 10.6 Å². The smallest absolute Gasteiger partial charge is 0.338 e. The average molecular weight is 864 g/mol. The number of amides is 3. The van der Waals surface area contributed by atoms with Gasteiger partial charge in [0.05, 0.1) is 11.3 Å². The second-order valence-corrected chi connectivity index (χ2v) is 16.0. The number of rotatable bonds is 15. The van der Waals surface area contributed by atoms with Crippen LogP contribution >= 0.6 is 0 Å². The molecule has 1 aliphatic rings. The number of carbonyl (C=O) groups is 4. The molecule has 15 heteroatoms. The van der Waals surface area contributed by atoms with Gasteiger partial charge in [-0.05, 0) is 139 Å². The Morgan fingerprint density at radius 2 is 1.52 bits per heavy atom. The summed E-state index contributed by atoms with van der Waals surface area (Å²) in [5.74, 6) is -2.25. The topological polar surface area (TPSA) is 155 Å².